The van der Waals surface area contributed by atoms with Gasteiger partial charge in [-0.15, -0.1) is 0 Å². The van der Waals surface area contributed by atoms with Crippen molar-refractivity contribution in [1.29, 1.82) is 0 Å². The van der Waals surface area contributed by atoms with E-state index in [9.17, 15) is 14.4 Å². The second kappa shape index (κ2) is 8.94. The Morgan fingerprint density at radius 1 is 1.38 bits per heavy atom. The molecule has 1 aliphatic heterocycles. The van der Waals surface area contributed by atoms with E-state index in [0.717, 1.165) is 11.3 Å². The first-order valence-electron chi connectivity index (χ1n) is 7.59. The lowest BCUT2D eigenvalue weighted by molar-refractivity contribution is -0.155. The van der Waals surface area contributed by atoms with Crippen molar-refractivity contribution < 1.29 is 19.1 Å². The van der Waals surface area contributed by atoms with Crippen molar-refractivity contribution >= 4 is 40.5 Å². The molecule has 6 nitrogen and oxygen atoms in total. The van der Waals surface area contributed by atoms with Crippen LogP contribution in [0.25, 0.3) is 0 Å². The van der Waals surface area contributed by atoms with Crippen molar-refractivity contribution in [2.75, 3.05) is 18.8 Å². The average molecular weight is 371 g/mol. The first kappa shape index (κ1) is 18.6. The highest BCUT2D eigenvalue weighted by molar-refractivity contribution is 8.13. The normalized spacial score (nSPS) is 15.2. The van der Waals surface area contributed by atoms with Crippen molar-refractivity contribution in [2.24, 2.45) is 0 Å². The first-order valence-corrected chi connectivity index (χ1v) is 8.95. The number of halogens is 1. The van der Waals surface area contributed by atoms with Gasteiger partial charge in [0, 0.05) is 30.4 Å². The molecular formula is C16H19ClN2O4S. The second-order valence-electron chi connectivity index (χ2n) is 5.33. The molecule has 1 aliphatic rings. The number of carbonyl (C=O) groups excluding carboxylic acids is 3. The van der Waals surface area contributed by atoms with E-state index in [4.69, 9.17) is 16.3 Å². The number of amides is 2. The van der Waals surface area contributed by atoms with Crippen LogP contribution in [0.15, 0.2) is 24.3 Å². The van der Waals surface area contributed by atoms with Gasteiger partial charge in [0.05, 0.1) is 6.42 Å². The highest BCUT2D eigenvalue weighted by Gasteiger charge is 2.23. The molecule has 1 heterocycles. The summed E-state index contributed by atoms with van der Waals surface area (Å²) in [5.41, 5.74) is 0.899. The van der Waals surface area contributed by atoms with Gasteiger partial charge < -0.3 is 15.0 Å². The summed E-state index contributed by atoms with van der Waals surface area (Å²) in [5.74, 6) is -0.114. The Kier molecular flexibility index (Phi) is 6.93. The number of benzene rings is 1. The molecule has 0 saturated carbocycles. The standard InChI is InChI=1S/C16H19ClN2O4S/c1-11(15(21)18-10-12-2-4-13(17)5-3-12)23-14(20)6-7-19-8-9-24-16(19)22/h2-5,11H,6-10H2,1H3,(H,18,21)/t11-/m1/s1. The van der Waals surface area contributed by atoms with Crippen LogP contribution in [0, 0.1) is 0 Å². The summed E-state index contributed by atoms with van der Waals surface area (Å²) in [5, 5.41) is 3.31. The quantitative estimate of drug-likeness (QED) is 0.746. The van der Waals surface area contributed by atoms with E-state index in [1.54, 1.807) is 17.0 Å². The van der Waals surface area contributed by atoms with Crippen LogP contribution in [0.1, 0.15) is 18.9 Å². The zero-order valence-electron chi connectivity index (χ0n) is 13.3. The molecule has 0 aliphatic carbocycles. The molecule has 8 heteroatoms. The van der Waals surface area contributed by atoms with E-state index in [0.29, 0.717) is 24.7 Å². The molecule has 1 aromatic rings. The molecule has 1 atom stereocenters. The summed E-state index contributed by atoms with van der Waals surface area (Å²) in [6, 6.07) is 7.10. The number of nitrogens with zero attached hydrogens (tertiary/aromatic N) is 1. The monoisotopic (exact) mass is 370 g/mol. The maximum absolute atomic E-state index is 11.9. The molecule has 2 rings (SSSR count). The van der Waals surface area contributed by atoms with Gasteiger partial charge in [-0.3, -0.25) is 14.4 Å². The summed E-state index contributed by atoms with van der Waals surface area (Å²) >= 11 is 7.04. The maximum atomic E-state index is 11.9. The van der Waals surface area contributed by atoms with Gasteiger partial charge in [0.1, 0.15) is 0 Å². The first-order chi connectivity index (χ1) is 11.5. The number of nitrogens with one attached hydrogen (secondary N) is 1. The van der Waals surface area contributed by atoms with E-state index in [-0.39, 0.29) is 17.6 Å². The lowest BCUT2D eigenvalue weighted by Gasteiger charge is -2.16. The molecule has 1 N–H and O–H groups in total. The topological polar surface area (TPSA) is 75.7 Å². The summed E-state index contributed by atoms with van der Waals surface area (Å²) in [7, 11) is 0. The summed E-state index contributed by atoms with van der Waals surface area (Å²) in [4.78, 5) is 36.8. The van der Waals surface area contributed by atoms with Crippen molar-refractivity contribution in [3.63, 3.8) is 0 Å². The smallest absolute Gasteiger partial charge is 0.308 e. The van der Waals surface area contributed by atoms with E-state index < -0.39 is 12.1 Å². The van der Waals surface area contributed by atoms with Crippen molar-refractivity contribution in [3.8, 4) is 0 Å². The van der Waals surface area contributed by atoms with Gasteiger partial charge in [-0.1, -0.05) is 35.5 Å². The highest BCUT2D eigenvalue weighted by atomic mass is 35.5. The van der Waals surface area contributed by atoms with Crippen LogP contribution in [0.3, 0.4) is 0 Å². The minimum Gasteiger partial charge on any atom is -0.452 e. The summed E-state index contributed by atoms with van der Waals surface area (Å²) < 4.78 is 5.10. The van der Waals surface area contributed by atoms with E-state index in [1.807, 2.05) is 12.1 Å². The Morgan fingerprint density at radius 3 is 2.71 bits per heavy atom. The van der Waals surface area contributed by atoms with E-state index in [2.05, 4.69) is 5.32 Å². The number of esters is 1. The van der Waals surface area contributed by atoms with E-state index in [1.165, 1.54) is 18.7 Å². The van der Waals surface area contributed by atoms with Gasteiger partial charge in [0.15, 0.2) is 6.10 Å². The largest absolute Gasteiger partial charge is 0.452 e. The Hall–Kier alpha value is -1.73. The minimum absolute atomic E-state index is 0.0171. The van der Waals surface area contributed by atoms with Gasteiger partial charge in [-0.05, 0) is 24.6 Å². The Bertz CT molecular complexity index is 609. The van der Waals surface area contributed by atoms with Crippen LogP contribution in [0.4, 0.5) is 4.79 Å². The number of hydrogen-bond acceptors (Lipinski definition) is 5. The number of carbonyl (C=O) groups is 3. The fourth-order valence-corrected chi connectivity index (χ4v) is 3.08. The molecule has 2 amide bonds. The van der Waals surface area contributed by atoms with Crippen LogP contribution >= 0.6 is 23.4 Å². The molecule has 1 saturated heterocycles. The zero-order valence-corrected chi connectivity index (χ0v) is 14.9. The molecule has 0 bridgehead atoms. The third-order valence-corrected chi connectivity index (χ3v) is 4.63. The van der Waals surface area contributed by atoms with Gasteiger partial charge >= 0.3 is 5.97 Å². The van der Waals surface area contributed by atoms with Crippen molar-refractivity contribution in [3.05, 3.63) is 34.9 Å². The van der Waals surface area contributed by atoms with Gasteiger partial charge in [-0.2, -0.15) is 0 Å². The van der Waals surface area contributed by atoms with Crippen molar-refractivity contribution in [2.45, 2.75) is 26.0 Å². The molecule has 1 aromatic carbocycles. The third-order valence-electron chi connectivity index (χ3n) is 3.49. The number of hydrogen-bond donors (Lipinski definition) is 1. The van der Waals surface area contributed by atoms with Crippen LogP contribution in [-0.4, -0.2) is 47.0 Å². The lowest BCUT2D eigenvalue weighted by atomic mass is 10.2. The molecule has 0 radical (unpaired) electrons. The van der Waals surface area contributed by atoms with Crippen molar-refractivity contribution in [1.82, 2.24) is 10.2 Å². The predicted molar refractivity (Wildman–Crippen MR) is 92.9 cm³/mol. The maximum Gasteiger partial charge on any atom is 0.308 e. The van der Waals surface area contributed by atoms with Crippen LogP contribution in [0.5, 0.6) is 0 Å². The third kappa shape index (κ3) is 5.72. The SMILES string of the molecule is C[C@@H](OC(=O)CCN1CCSC1=O)C(=O)NCc1ccc(Cl)cc1. The molecule has 0 aromatic heterocycles. The average Bonchev–Trinajstić information content (AvgIpc) is 2.97. The number of rotatable bonds is 7. The lowest BCUT2D eigenvalue weighted by Crippen LogP contribution is -2.36. The van der Waals surface area contributed by atoms with E-state index >= 15 is 0 Å². The molecule has 0 spiro atoms. The number of ether oxygens (including phenoxy) is 1. The Balaban J connectivity index is 1.69. The van der Waals surface area contributed by atoms with Gasteiger partial charge in [-0.25, -0.2) is 0 Å². The van der Waals surface area contributed by atoms with Gasteiger partial charge in [0.2, 0.25) is 0 Å². The Morgan fingerprint density at radius 2 is 2.08 bits per heavy atom. The summed E-state index contributed by atoms with van der Waals surface area (Å²) in [6.07, 6.45) is -0.797. The summed E-state index contributed by atoms with van der Waals surface area (Å²) in [6.45, 7) is 2.82. The fraction of sp³-hybridized carbons (Fsp3) is 0.438. The molecular weight excluding hydrogens is 352 g/mol. The minimum atomic E-state index is -0.881. The molecule has 24 heavy (non-hydrogen) atoms. The Labute approximate surface area is 149 Å². The second-order valence-corrected chi connectivity index (χ2v) is 6.81. The predicted octanol–water partition coefficient (Wildman–Crippen LogP) is 2.45. The molecule has 130 valence electrons. The number of thioether (sulfide) groups is 1. The van der Waals surface area contributed by atoms with Crippen LogP contribution in [0.2, 0.25) is 5.02 Å². The molecule has 0 unspecified atom stereocenters. The fourth-order valence-electron chi connectivity index (χ4n) is 2.10. The van der Waals surface area contributed by atoms with Crippen LogP contribution < -0.4 is 5.32 Å². The highest BCUT2D eigenvalue weighted by Crippen LogP contribution is 2.17. The molecule has 1 fully saturated rings. The zero-order chi connectivity index (χ0) is 17.5. The van der Waals surface area contributed by atoms with Crippen LogP contribution in [-0.2, 0) is 20.9 Å². The van der Waals surface area contributed by atoms with Gasteiger partial charge in [0.25, 0.3) is 11.1 Å².